The predicted molar refractivity (Wildman–Crippen MR) is 82.2 cm³/mol. The van der Waals surface area contributed by atoms with Crippen molar-refractivity contribution in [2.24, 2.45) is 23.7 Å². The van der Waals surface area contributed by atoms with Crippen LogP contribution in [0.5, 0.6) is 5.75 Å². The summed E-state index contributed by atoms with van der Waals surface area (Å²) in [5.41, 5.74) is 3.22. The van der Waals surface area contributed by atoms with Gasteiger partial charge in [0.05, 0.1) is 7.11 Å². The van der Waals surface area contributed by atoms with Crippen LogP contribution in [-0.2, 0) is 6.42 Å². The van der Waals surface area contributed by atoms with Gasteiger partial charge >= 0.3 is 0 Å². The van der Waals surface area contributed by atoms with Crippen LogP contribution < -0.4 is 4.74 Å². The third-order valence-corrected chi connectivity index (χ3v) is 6.57. The van der Waals surface area contributed by atoms with Crippen molar-refractivity contribution in [1.29, 1.82) is 0 Å². The minimum atomic E-state index is 0.847. The van der Waals surface area contributed by atoms with Gasteiger partial charge in [0.1, 0.15) is 5.75 Å². The topological polar surface area (TPSA) is 9.23 Å². The summed E-state index contributed by atoms with van der Waals surface area (Å²) in [7, 11) is 1.78. The maximum absolute atomic E-state index is 5.40. The number of methoxy groups -OCH3 is 1. The molecule has 0 N–H and O–H groups in total. The van der Waals surface area contributed by atoms with Crippen molar-refractivity contribution in [3.05, 3.63) is 29.3 Å². The molecule has 0 amide bonds. The second kappa shape index (κ2) is 4.79. The quantitative estimate of drug-likeness (QED) is 0.712. The fraction of sp³-hybridized carbons (Fsp3) is 0.684. The summed E-state index contributed by atoms with van der Waals surface area (Å²) in [5.74, 6) is 5.85. The second-order valence-corrected chi connectivity index (χ2v) is 7.35. The monoisotopic (exact) mass is 270 g/mol. The van der Waals surface area contributed by atoms with Crippen LogP contribution >= 0.6 is 0 Å². The van der Waals surface area contributed by atoms with Gasteiger partial charge in [0.25, 0.3) is 0 Å². The number of hydrogen-bond acceptors (Lipinski definition) is 1. The van der Waals surface area contributed by atoms with Gasteiger partial charge in [-0.25, -0.2) is 0 Å². The van der Waals surface area contributed by atoms with Gasteiger partial charge in [-0.2, -0.15) is 0 Å². The number of aryl methyl sites for hydroxylation is 1. The van der Waals surface area contributed by atoms with Gasteiger partial charge in [-0.3, -0.25) is 0 Å². The fourth-order valence-corrected chi connectivity index (χ4v) is 5.61. The van der Waals surface area contributed by atoms with E-state index in [4.69, 9.17) is 4.74 Å². The average molecular weight is 270 g/mol. The summed E-state index contributed by atoms with van der Waals surface area (Å²) in [6, 6.07) is 6.83. The molecular weight excluding hydrogens is 244 g/mol. The summed E-state index contributed by atoms with van der Waals surface area (Å²) >= 11 is 0. The summed E-state index contributed by atoms with van der Waals surface area (Å²) in [6.45, 7) is 2.50. The maximum Gasteiger partial charge on any atom is 0.119 e. The molecule has 5 atom stereocenters. The minimum absolute atomic E-state index is 0.847. The number of benzene rings is 1. The first-order valence-corrected chi connectivity index (χ1v) is 8.44. The SMILES string of the molecule is COc1ccc2c(c1)CC[C@H]1C3CCCC(C)C3C[C@H]21. The van der Waals surface area contributed by atoms with Gasteiger partial charge in [-0.1, -0.05) is 25.8 Å². The minimum Gasteiger partial charge on any atom is -0.497 e. The normalized spacial score (nSPS) is 38.8. The lowest BCUT2D eigenvalue weighted by atomic mass is 9.69. The molecule has 2 fully saturated rings. The van der Waals surface area contributed by atoms with Crippen molar-refractivity contribution in [3.8, 4) is 5.75 Å². The Labute approximate surface area is 122 Å². The lowest BCUT2D eigenvalue weighted by Crippen LogP contribution is -2.27. The highest BCUT2D eigenvalue weighted by Crippen LogP contribution is 2.58. The Morgan fingerprint density at radius 3 is 2.80 bits per heavy atom. The van der Waals surface area contributed by atoms with Gasteiger partial charge in [-0.05, 0) is 78.5 Å². The molecule has 20 heavy (non-hydrogen) atoms. The molecule has 0 radical (unpaired) electrons. The van der Waals surface area contributed by atoms with E-state index >= 15 is 0 Å². The van der Waals surface area contributed by atoms with Crippen LogP contribution in [0.1, 0.15) is 56.1 Å². The molecular formula is C19H26O. The molecule has 0 aromatic heterocycles. The van der Waals surface area contributed by atoms with Crippen molar-refractivity contribution >= 4 is 0 Å². The molecule has 2 saturated carbocycles. The Hall–Kier alpha value is -0.980. The molecule has 0 bridgehead atoms. The van der Waals surface area contributed by atoms with E-state index in [2.05, 4.69) is 25.1 Å². The van der Waals surface area contributed by atoms with Gasteiger partial charge in [0.15, 0.2) is 0 Å². The first kappa shape index (κ1) is 12.7. The van der Waals surface area contributed by atoms with E-state index in [-0.39, 0.29) is 0 Å². The van der Waals surface area contributed by atoms with Gasteiger partial charge in [-0.15, -0.1) is 0 Å². The smallest absolute Gasteiger partial charge is 0.119 e. The lowest BCUT2D eigenvalue weighted by molar-refractivity contribution is 0.159. The maximum atomic E-state index is 5.40. The fourth-order valence-electron chi connectivity index (χ4n) is 5.61. The van der Waals surface area contributed by atoms with Crippen LogP contribution in [0.15, 0.2) is 18.2 Å². The number of fused-ring (bicyclic) bond motifs is 5. The summed E-state index contributed by atoms with van der Waals surface area (Å²) in [6.07, 6.45) is 8.58. The van der Waals surface area contributed by atoms with E-state index in [9.17, 15) is 0 Å². The van der Waals surface area contributed by atoms with Crippen LogP contribution in [0, 0.1) is 23.7 Å². The first-order chi connectivity index (χ1) is 9.78. The third kappa shape index (κ3) is 1.82. The summed E-state index contributed by atoms with van der Waals surface area (Å²) < 4.78 is 5.40. The summed E-state index contributed by atoms with van der Waals surface area (Å²) in [4.78, 5) is 0. The van der Waals surface area contributed by atoms with Crippen molar-refractivity contribution in [2.75, 3.05) is 7.11 Å². The Balaban J connectivity index is 1.68. The van der Waals surface area contributed by atoms with Gasteiger partial charge < -0.3 is 4.74 Å². The molecule has 0 saturated heterocycles. The molecule has 0 heterocycles. The van der Waals surface area contributed by atoms with E-state index in [1.54, 1.807) is 18.2 Å². The Bertz CT molecular complexity index is 506. The molecule has 1 nitrogen and oxygen atoms in total. The zero-order chi connectivity index (χ0) is 13.7. The zero-order valence-electron chi connectivity index (χ0n) is 12.8. The van der Waals surface area contributed by atoms with Crippen molar-refractivity contribution < 1.29 is 4.74 Å². The number of rotatable bonds is 1. The van der Waals surface area contributed by atoms with Gasteiger partial charge in [0, 0.05) is 0 Å². The van der Waals surface area contributed by atoms with E-state index in [1.807, 2.05) is 0 Å². The second-order valence-electron chi connectivity index (χ2n) is 7.35. The Morgan fingerprint density at radius 2 is 1.95 bits per heavy atom. The zero-order valence-corrected chi connectivity index (χ0v) is 12.8. The molecule has 1 heteroatoms. The lowest BCUT2D eigenvalue weighted by Gasteiger charge is -2.36. The predicted octanol–water partition coefficient (Wildman–Crippen LogP) is 4.80. The largest absolute Gasteiger partial charge is 0.497 e. The van der Waals surface area contributed by atoms with Crippen molar-refractivity contribution in [2.45, 2.75) is 51.4 Å². The molecule has 0 aliphatic heterocycles. The molecule has 0 spiro atoms. The third-order valence-electron chi connectivity index (χ3n) is 6.57. The molecule has 3 aliphatic carbocycles. The van der Waals surface area contributed by atoms with Crippen LogP contribution in [0.3, 0.4) is 0 Å². The highest BCUT2D eigenvalue weighted by Gasteiger charge is 2.48. The molecule has 3 aliphatic rings. The Kier molecular flexibility index (Phi) is 3.05. The van der Waals surface area contributed by atoms with E-state index < -0.39 is 0 Å². The average Bonchev–Trinajstić information content (AvgIpc) is 2.87. The van der Waals surface area contributed by atoms with Crippen molar-refractivity contribution in [1.82, 2.24) is 0 Å². The summed E-state index contributed by atoms with van der Waals surface area (Å²) in [5, 5.41) is 0. The number of ether oxygens (including phenoxy) is 1. The molecule has 108 valence electrons. The molecule has 1 aromatic carbocycles. The van der Waals surface area contributed by atoms with Crippen molar-refractivity contribution in [3.63, 3.8) is 0 Å². The van der Waals surface area contributed by atoms with Crippen LogP contribution in [0.25, 0.3) is 0 Å². The standard InChI is InChI=1S/C19H26O/c1-12-4-3-5-16-17-8-6-13-10-14(20-2)7-9-15(13)19(17)11-18(12)16/h7,9-10,12,16-19H,3-6,8,11H2,1-2H3/t12?,16?,17-,18?,19+/m0/s1. The number of hydrogen-bond donors (Lipinski definition) is 0. The van der Waals surface area contributed by atoms with E-state index in [0.717, 1.165) is 35.3 Å². The first-order valence-electron chi connectivity index (χ1n) is 8.44. The molecule has 1 aromatic rings. The van der Waals surface area contributed by atoms with E-state index in [0.29, 0.717) is 0 Å². The molecule has 4 rings (SSSR count). The molecule has 3 unspecified atom stereocenters. The van der Waals surface area contributed by atoms with Crippen LogP contribution in [0.4, 0.5) is 0 Å². The Morgan fingerprint density at radius 1 is 1.05 bits per heavy atom. The highest BCUT2D eigenvalue weighted by molar-refractivity contribution is 5.40. The highest BCUT2D eigenvalue weighted by atomic mass is 16.5. The van der Waals surface area contributed by atoms with Crippen LogP contribution in [-0.4, -0.2) is 7.11 Å². The van der Waals surface area contributed by atoms with E-state index in [1.165, 1.54) is 38.5 Å². The van der Waals surface area contributed by atoms with Crippen LogP contribution in [0.2, 0.25) is 0 Å². The van der Waals surface area contributed by atoms with Gasteiger partial charge in [0.2, 0.25) is 0 Å².